The molecule has 1 aromatic carbocycles. The van der Waals surface area contributed by atoms with Gasteiger partial charge in [-0.2, -0.15) is 0 Å². The van der Waals surface area contributed by atoms with Crippen LogP contribution >= 0.6 is 0 Å². The van der Waals surface area contributed by atoms with Gasteiger partial charge in [-0.1, -0.05) is 12.1 Å². The van der Waals surface area contributed by atoms with Crippen LogP contribution < -0.4 is 4.74 Å². The number of carbonyl (C=O) groups excluding carboxylic acids is 1. The smallest absolute Gasteiger partial charge is 0.334 e. The van der Waals surface area contributed by atoms with Gasteiger partial charge in [0.2, 0.25) is 0 Å². The summed E-state index contributed by atoms with van der Waals surface area (Å²) in [6.45, 7) is 1.34. The molecule has 1 aliphatic heterocycles. The van der Waals surface area contributed by atoms with E-state index in [0.717, 1.165) is 0 Å². The van der Waals surface area contributed by atoms with Gasteiger partial charge >= 0.3 is 5.97 Å². The average Bonchev–Trinajstić information content (AvgIpc) is 2.55. The lowest BCUT2D eigenvalue weighted by molar-refractivity contribution is -0.154. The number of ether oxygens (including phenoxy) is 3. The molecule has 1 aromatic rings. The van der Waals surface area contributed by atoms with Crippen LogP contribution in [0.3, 0.4) is 0 Å². The molecule has 1 aliphatic rings. The monoisotopic (exact) mass is 309 g/mol. The van der Waals surface area contributed by atoms with Crippen LogP contribution in [0.1, 0.15) is 10.4 Å². The van der Waals surface area contributed by atoms with E-state index < -0.39 is 12.1 Å². The van der Waals surface area contributed by atoms with E-state index in [1.807, 2.05) is 0 Å². The Hall–Kier alpha value is -2.12. The summed E-state index contributed by atoms with van der Waals surface area (Å²) in [7, 11) is 1.57. The van der Waals surface area contributed by atoms with Gasteiger partial charge in [-0.25, -0.2) is 4.79 Å². The molecule has 120 valence electrons. The molecule has 0 radical (unpaired) electrons. The number of hydrogen-bond acceptors (Lipinski definition) is 5. The molecule has 1 saturated heterocycles. The molecule has 1 N–H and O–H groups in total. The summed E-state index contributed by atoms with van der Waals surface area (Å²) in [5, 5.41) is 9.00. The molecule has 0 aliphatic carbocycles. The maximum absolute atomic E-state index is 12.6. The Kier molecular flexibility index (Phi) is 5.74. The largest absolute Gasteiger partial charge is 0.490 e. The molecule has 7 nitrogen and oxygen atoms in total. The second-order valence-corrected chi connectivity index (χ2v) is 4.79. The normalized spacial score (nSPS) is 18.0. The first-order valence-electron chi connectivity index (χ1n) is 6.98. The van der Waals surface area contributed by atoms with Gasteiger partial charge in [0.25, 0.3) is 5.91 Å². The molecule has 7 heteroatoms. The van der Waals surface area contributed by atoms with Crippen molar-refractivity contribution in [1.82, 2.24) is 4.90 Å². The third-order valence-electron chi connectivity index (χ3n) is 3.29. The van der Waals surface area contributed by atoms with Crippen molar-refractivity contribution in [2.45, 2.75) is 6.10 Å². The number of methoxy groups -OCH3 is 1. The third kappa shape index (κ3) is 3.96. The van der Waals surface area contributed by atoms with Crippen LogP contribution in [0, 0.1) is 0 Å². The molecular weight excluding hydrogens is 290 g/mol. The van der Waals surface area contributed by atoms with Crippen molar-refractivity contribution >= 4 is 11.9 Å². The second-order valence-electron chi connectivity index (χ2n) is 4.79. The molecule has 22 heavy (non-hydrogen) atoms. The fraction of sp³-hybridized carbons (Fsp3) is 0.467. The summed E-state index contributed by atoms with van der Waals surface area (Å²) in [6, 6.07) is 6.89. The number of para-hydroxylation sites is 1. The highest BCUT2D eigenvalue weighted by atomic mass is 16.5. The highest BCUT2D eigenvalue weighted by Gasteiger charge is 2.30. The molecule has 0 spiro atoms. The molecule has 0 bridgehead atoms. The zero-order valence-electron chi connectivity index (χ0n) is 12.4. The summed E-state index contributed by atoms with van der Waals surface area (Å²) >= 11 is 0. The summed E-state index contributed by atoms with van der Waals surface area (Å²) in [5.41, 5.74) is 0.407. The summed E-state index contributed by atoms with van der Waals surface area (Å²) in [4.78, 5) is 25.1. The van der Waals surface area contributed by atoms with Crippen LogP contribution in [0.15, 0.2) is 24.3 Å². The Morgan fingerprint density at radius 1 is 1.36 bits per heavy atom. The van der Waals surface area contributed by atoms with Gasteiger partial charge < -0.3 is 24.2 Å². The van der Waals surface area contributed by atoms with E-state index in [1.165, 1.54) is 4.90 Å². The predicted molar refractivity (Wildman–Crippen MR) is 77.1 cm³/mol. The van der Waals surface area contributed by atoms with Crippen molar-refractivity contribution in [2.75, 3.05) is 40.0 Å². The molecule has 1 atom stereocenters. The zero-order valence-corrected chi connectivity index (χ0v) is 12.4. The third-order valence-corrected chi connectivity index (χ3v) is 3.29. The van der Waals surface area contributed by atoms with Gasteiger partial charge in [0.15, 0.2) is 6.10 Å². The van der Waals surface area contributed by atoms with Crippen molar-refractivity contribution in [1.29, 1.82) is 0 Å². The number of benzene rings is 1. The number of amides is 1. The van der Waals surface area contributed by atoms with Crippen molar-refractivity contribution in [3.8, 4) is 5.75 Å². The average molecular weight is 309 g/mol. The first-order valence-corrected chi connectivity index (χ1v) is 6.98. The number of carboxylic acids is 1. The molecule has 2 rings (SSSR count). The van der Waals surface area contributed by atoms with Crippen LogP contribution in [0.5, 0.6) is 5.75 Å². The summed E-state index contributed by atoms with van der Waals surface area (Å²) in [6.07, 6.45) is -0.987. The van der Waals surface area contributed by atoms with Gasteiger partial charge in [0.05, 0.1) is 25.3 Å². The first-order chi connectivity index (χ1) is 10.6. The van der Waals surface area contributed by atoms with Crippen LogP contribution in [-0.2, 0) is 14.3 Å². The molecule has 1 amide bonds. The highest BCUT2D eigenvalue weighted by Crippen LogP contribution is 2.21. The summed E-state index contributed by atoms with van der Waals surface area (Å²) in [5.74, 6) is -0.868. The van der Waals surface area contributed by atoms with Crippen LogP contribution in [0.4, 0.5) is 0 Å². The number of aliphatic carboxylic acids is 1. The van der Waals surface area contributed by atoms with Gasteiger partial charge in [-0.05, 0) is 12.1 Å². The Balaban J connectivity index is 2.10. The van der Waals surface area contributed by atoms with E-state index in [0.29, 0.717) is 31.1 Å². The fourth-order valence-electron chi connectivity index (χ4n) is 2.16. The molecule has 1 heterocycles. The number of hydrogen-bond donors (Lipinski definition) is 1. The van der Waals surface area contributed by atoms with Gasteiger partial charge in [-0.15, -0.1) is 0 Å². The number of morpholine rings is 1. The van der Waals surface area contributed by atoms with Crippen LogP contribution in [-0.4, -0.2) is 68.0 Å². The maximum Gasteiger partial charge on any atom is 0.334 e. The van der Waals surface area contributed by atoms with Gasteiger partial charge in [-0.3, -0.25) is 4.79 Å². The first kappa shape index (κ1) is 16.3. The van der Waals surface area contributed by atoms with E-state index in [2.05, 4.69) is 0 Å². The lowest BCUT2D eigenvalue weighted by Gasteiger charge is -2.31. The fourth-order valence-corrected chi connectivity index (χ4v) is 2.16. The second kappa shape index (κ2) is 7.77. The lowest BCUT2D eigenvalue weighted by Crippen LogP contribution is -2.48. The topological polar surface area (TPSA) is 85.3 Å². The minimum Gasteiger partial charge on any atom is -0.490 e. The Morgan fingerprint density at radius 2 is 2.14 bits per heavy atom. The Labute approximate surface area is 128 Å². The van der Waals surface area contributed by atoms with Crippen molar-refractivity contribution in [3.63, 3.8) is 0 Å². The number of nitrogens with zero attached hydrogens (tertiary/aromatic N) is 1. The van der Waals surface area contributed by atoms with Crippen LogP contribution in [0.25, 0.3) is 0 Å². The number of carboxylic acid groups (broad SMARTS) is 1. The minimum atomic E-state index is -1.07. The van der Waals surface area contributed by atoms with Crippen LogP contribution in [0.2, 0.25) is 0 Å². The number of carbonyl (C=O) groups is 2. The Morgan fingerprint density at radius 3 is 2.86 bits per heavy atom. The van der Waals surface area contributed by atoms with E-state index in [-0.39, 0.29) is 19.1 Å². The van der Waals surface area contributed by atoms with Crippen molar-refractivity contribution in [3.05, 3.63) is 29.8 Å². The predicted octanol–water partition coefficient (Wildman–Crippen LogP) is 0.637. The van der Waals surface area contributed by atoms with Crippen molar-refractivity contribution in [2.24, 2.45) is 0 Å². The molecule has 0 aromatic heterocycles. The quantitative estimate of drug-likeness (QED) is 0.776. The molecular formula is C15H19NO6. The molecule has 1 unspecified atom stereocenters. The molecule has 0 saturated carbocycles. The highest BCUT2D eigenvalue weighted by molar-refractivity contribution is 5.97. The maximum atomic E-state index is 12.6. The minimum absolute atomic E-state index is 0.0283. The summed E-state index contributed by atoms with van der Waals surface area (Å²) < 4.78 is 15.6. The molecule has 1 fully saturated rings. The zero-order chi connectivity index (χ0) is 15.9. The SMILES string of the molecule is COCCOc1ccccc1C(=O)N1CCOC(C(=O)O)C1. The van der Waals surface area contributed by atoms with Gasteiger partial charge in [0, 0.05) is 13.7 Å². The number of rotatable bonds is 6. The van der Waals surface area contributed by atoms with E-state index in [1.54, 1.807) is 31.4 Å². The van der Waals surface area contributed by atoms with E-state index in [4.69, 9.17) is 19.3 Å². The van der Waals surface area contributed by atoms with Crippen molar-refractivity contribution < 1.29 is 28.9 Å². The standard InChI is InChI=1S/C15H19NO6/c1-20-8-9-22-12-5-3-2-4-11(12)14(17)16-6-7-21-13(10-16)15(18)19/h2-5,13H,6-10H2,1H3,(H,18,19). The Bertz CT molecular complexity index is 533. The lowest BCUT2D eigenvalue weighted by atomic mass is 10.1. The van der Waals surface area contributed by atoms with Gasteiger partial charge in [0.1, 0.15) is 12.4 Å². The van der Waals surface area contributed by atoms with E-state index >= 15 is 0 Å². The van der Waals surface area contributed by atoms with E-state index in [9.17, 15) is 9.59 Å².